The van der Waals surface area contributed by atoms with Crippen molar-refractivity contribution in [1.29, 1.82) is 0 Å². The highest BCUT2D eigenvalue weighted by atomic mass is 19.1. The van der Waals surface area contributed by atoms with E-state index < -0.39 is 6.03 Å². The van der Waals surface area contributed by atoms with Crippen LogP contribution in [0.25, 0.3) is 0 Å². The number of rotatable bonds is 5. The van der Waals surface area contributed by atoms with E-state index in [-0.39, 0.29) is 35.8 Å². The predicted octanol–water partition coefficient (Wildman–Crippen LogP) is 2.00. The quantitative estimate of drug-likeness (QED) is 0.664. The van der Waals surface area contributed by atoms with Gasteiger partial charge in [-0.1, -0.05) is 16.7 Å². The maximum Gasteiger partial charge on any atom is 0.527 e. The largest absolute Gasteiger partial charge is 0.527 e. The van der Waals surface area contributed by atoms with Crippen LogP contribution in [0.3, 0.4) is 0 Å². The van der Waals surface area contributed by atoms with Gasteiger partial charge in [-0.25, -0.2) is 10.1 Å². The molecule has 7 heteroatoms. The number of nitrogens with two attached hydrogens (primary N) is 1. The van der Waals surface area contributed by atoms with Gasteiger partial charge in [-0.05, 0) is 37.1 Å². The summed E-state index contributed by atoms with van der Waals surface area (Å²) < 4.78 is 24.2. The summed E-state index contributed by atoms with van der Waals surface area (Å²) in [6, 6.07) is 4.79. The first kappa shape index (κ1) is 16.9. The Labute approximate surface area is 133 Å². The molecule has 2 atom stereocenters. The monoisotopic (exact) mass is 321 g/mol. The van der Waals surface area contributed by atoms with Gasteiger partial charge in [0.15, 0.2) is 0 Å². The Hall–Kier alpha value is -2.46. The van der Waals surface area contributed by atoms with Gasteiger partial charge in [0.05, 0.1) is 12.5 Å². The minimum atomic E-state index is -1.01. The second-order valence-electron chi connectivity index (χ2n) is 5.10. The molecule has 1 saturated heterocycles. The summed E-state index contributed by atoms with van der Waals surface area (Å²) in [4.78, 5) is 21.5. The first-order chi connectivity index (χ1) is 11.0. The van der Waals surface area contributed by atoms with Gasteiger partial charge in [0.1, 0.15) is 30.8 Å². The fourth-order valence-corrected chi connectivity index (χ4v) is 2.11. The van der Waals surface area contributed by atoms with Gasteiger partial charge in [-0.3, -0.25) is 0 Å². The van der Waals surface area contributed by atoms with Gasteiger partial charge in [-0.2, -0.15) is 4.79 Å². The first-order valence-corrected chi connectivity index (χ1v) is 7.31. The molecule has 1 aromatic carbocycles. The van der Waals surface area contributed by atoms with Crippen molar-refractivity contribution in [2.75, 3.05) is 13.2 Å². The number of amides is 2. The molecule has 1 aliphatic heterocycles. The van der Waals surface area contributed by atoms with Gasteiger partial charge in [-0.15, -0.1) is 0 Å². The Morgan fingerprint density at radius 2 is 2.13 bits per heavy atom. The lowest BCUT2D eigenvalue weighted by molar-refractivity contribution is -0.446. The molecule has 0 saturated carbocycles. The smallest absolute Gasteiger partial charge is 0.491 e. The molecular formula is C16H18FN2O4+. The van der Waals surface area contributed by atoms with Gasteiger partial charge in [0, 0.05) is 4.76 Å². The SMILES string of the molecule is NC(=O)[N+](=O)CCC#CC1CC[C@H](COc2ccc(F)cc2)O1. The van der Waals surface area contributed by atoms with Crippen LogP contribution in [-0.4, -0.2) is 36.2 Å². The molecule has 2 N–H and O–H groups in total. The molecule has 0 bridgehead atoms. The number of carbonyl (C=O) groups excluding carboxylic acids is 1. The van der Waals surface area contributed by atoms with Crippen molar-refractivity contribution in [3.05, 3.63) is 35.0 Å². The van der Waals surface area contributed by atoms with E-state index in [1.54, 1.807) is 12.1 Å². The van der Waals surface area contributed by atoms with Crippen LogP contribution >= 0.6 is 0 Å². The number of nitroso groups, excluding NO2 is 1. The first-order valence-electron chi connectivity index (χ1n) is 7.31. The fraction of sp³-hybridized carbons (Fsp3) is 0.438. The minimum absolute atomic E-state index is 0.0494. The highest BCUT2D eigenvalue weighted by molar-refractivity contribution is 5.61. The van der Waals surface area contributed by atoms with Crippen molar-refractivity contribution >= 4 is 6.03 Å². The maximum absolute atomic E-state index is 12.8. The number of hydrogen-bond acceptors (Lipinski definition) is 4. The fourth-order valence-electron chi connectivity index (χ4n) is 2.11. The Morgan fingerprint density at radius 3 is 2.83 bits per heavy atom. The summed E-state index contributed by atoms with van der Waals surface area (Å²) in [5, 5.41) is 0. The van der Waals surface area contributed by atoms with Crippen molar-refractivity contribution in [3.63, 3.8) is 0 Å². The Balaban J connectivity index is 1.69. The summed E-state index contributed by atoms with van der Waals surface area (Å²) in [5.74, 6) is 6.00. The van der Waals surface area contributed by atoms with Crippen LogP contribution in [0.5, 0.6) is 5.75 Å². The second-order valence-corrected chi connectivity index (χ2v) is 5.10. The number of primary amides is 1. The van der Waals surface area contributed by atoms with E-state index in [1.165, 1.54) is 12.1 Å². The lowest BCUT2D eigenvalue weighted by atomic mass is 10.2. The summed E-state index contributed by atoms with van der Waals surface area (Å²) in [6.07, 6.45) is 1.58. The van der Waals surface area contributed by atoms with Gasteiger partial charge in [0.2, 0.25) is 0 Å². The van der Waals surface area contributed by atoms with Crippen LogP contribution in [0.1, 0.15) is 19.3 Å². The zero-order valence-electron chi connectivity index (χ0n) is 12.5. The zero-order valence-corrected chi connectivity index (χ0v) is 12.5. The molecule has 0 radical (unpaired) electrons. The average Bonchev–Trinajstić information content (AvgIpc) is 2.98. The number of halogens is 1. The molecule has 1 aromatic rings. The van der Waals surface area contributed by atoms with Gasteiger partial charge < -0.3 is 9.47 Å². The van der Waals surface area contributed by atoms with Crippen LogP contribution < -0.4 is 10.5 Å². The van der Waals surface area contributed by atoms with Gasteiger partial charge in [0.25, 0.3) is 0 Å². The summed E-state index contributed by atoms with van der Waals surface area (Å²) in [7, 11) is 0. The molecule has 0 spiro atoms. The number of benzene rings is 1. The number of hydrogen-bond donors (Lipinski definition) is 1. The zero-order chi connectivity index (χ0) is 16.7. The number of nitrogens with zero attached hydrogens (tertiary/aromatic N) is 1. The van der Waals surface area contributed by atoms with Crippen LogP contribution in [0.15, 0.2) is 24.3 Å². The predicted molar refractivity (Wildman–Crippen MR) is 80.3 cm³/mol. The minimum Gasteiger partial charge on any atom is -0.491 e. The average molecular weight is 321 g/mol. The van der Waals surface area contributed by atoms with Crippen molar-refractivity contribution in [2.24, 2.45) is 5.73 Å². The van der Waals surface area contributed by atoms with E-state index in [4.69, 9.17) is 15.2 Å². The highest BCUT2D eigenvalue weighted by Crippen LogP contribution is 2.20. The van der Waals surface area contributed by atoms with Crippen molar-refractivity contribution in [2.45, 2.75) is 31.5 Å². The van der Waals surface area contributed by atoms with Crippen molar-refractivity contribution in [3.8, 4) is 17.6 Å². The number of urea groups is 1. The third-order valence-electron chi connectivity index (χ3n) is 3.31. The molecule has 122 valence electrons. The van der Waals surface area contributed by atoms with E-state index in [9.17, 15) is 14.1 Å². The Bertz CT molecular complexity index is 621. The van der Waals surface area contributed by atoms with Crippen LogP contribution in [0.4, 0.5) is 9.18 Å². The maximum atomic E-state index is 12.8. The number of carbonyl (C=O) groups is 1. The van der Waals surface area contributed by atoms with Crippen LogP contribution in [-0.2, 0) is 4.74 Å². The third kappa shape index (κ3) is 5.68. The molecule has 1 unspecified atom stereocenters. The lowest BCUT2D eigenvalue weighted by Gasteiger charge is -2.12. The van der Waals surface area contributed by atoms with Crippen molar-refractivity contribution < 1.29 is 23.4 Å². The Kier molecular flexibility index (Phi) is 6.06. The van der Waals surface area contributed by atoms with Crippen molar-refractivity contribution in [1.82, 2.24) is 0 Å². The summed E-state index contributed by atoms with van der Waals surface area (Å²) in [5.41, 5.74) is 4.82. The van der Waals surface area contributed by atoms with E-state index in [1.807, 2.05) is 0 Å². The molecule has 1 fully saturated rings. The second kappa shape index (κ2) is 8.25. The normalized spacial score (nSPS) is 19.7. The summed E-state index contributed by atoms with van der Waals surface area (Å²) >= 11 is 0. The topological polar surface area (TPSA) is 81.6 Å². The molecule has 0 aliphatic carbocycles. The highest BCUT2D eigenvalue weighted by Gasteiger charge is 2.24. The molecule has 6 nitrogen and oxygen atoms in total. The van der Waals surface area contributed by atoms with Crippen LogP contribution in [0.2, 0.25) is 0 Å². The standard InChI is InChI=1S/C16H17FN2O4/c17-12-4-6-13(7-5-12)22-11-15-9-8-14(23-15)3-1-2-10-19(21)16(18)20/h4-7,14-15H,2,8-11H2,(H-,18,20)/p+1/t14?,15-/m1/s1. The third-order valence-corrected chi connectivity index (χ3v) is 3.31. The van der Waals surface area contributed by atoms with Gasteiger partial charge >= 0.3 is 6.03 Å². The number of ether oxygens (including phenoxy) is 2. The molecule has 1 aliphatic rings. The van der Waals surface area contributed by atoms with Crippen LogP contribution in [0, 0.1) is 22.6 Å². The van der Waals surface area contributed by atoms with E-state index in [2.05, 4.69) is 11.8 Å². The van der Waals surface area contributed by atoms with E-state index in [0.29, 0.717) is 12.4 Å². The van der Waals surface area contributed by atoms with E-state index in [0.717, 1.165) is 12.8 Å². The molecular weight excluding hydrogens is 303 g/mol. The van der Waals surface area contributed by atoms with E-state index >= 15 is 0 Å². The summed E-state index contributed by atoms with van der Waals surface area (Å²) in [6.45, 7) is 0.325. The molecule has 2 rings (SSSR count). The molecule has 0 aromatic heterocycles. The Morgan fingerprint density at radius 1 is 1.39 bits per heavy atom. The molecule has 23 heavy (non-hydrogen) atoms. The lowest BCUT2D eigenvalue weighted by Crippen LogP contribution is -2.25. The molecule has 2 amide bonds. The molecule has 1 heterocycles.